The van der Waals surface area contributed by atoms with Gasteiger partial charge in [-0.25, -0.2) is 9.78 Å². The van der Waals surface area contributed by atoms with Crippen molar-refractivity contribution >= 4 is 12.0 Å². The van der Waals surface area contributed by atoms with Crippen LogP contribution in [0.4, 0.5) is 4.79 Å². The average molecular weight is 393 g/mol. The van der Waals surface area contributed by atoms with Gasteiger partial charge in [-0.1, -0.05) is 0 Å². The SMILES string of the molecule is CC(C)(C)OC(=O)N1CCC(c2n[nH]c(CNC(=O)CC3CCCO3)n2)CC1. The Morgan fingerprint density at radius 3 is 2.68 bits per heavy atom. The number of nitrogens with one attached hydrogen (secondary N) is 2. The minimum Gasteiger partial charge on any atom is -0.444 e. The first-order valence-electron chi connectivity index (χ1n) is 10.1. The van der Waals surface area contributed by atoms with Gasteiger partial charge in [0.1, 0.15) is 11.4 Å². The van der Waals surface area contributed by atoms with Crippen LogP contribution in [0.5, 0.6) is 0 Å². The number of nitrogens with zero attached hydrogens (tertiary/aromatic N) is 3. The lowest BCUT2D eigenvalue weighted by atomic mass is 9.96. The van der Waals surface area contributed by atoms with Crippen LogP contribution in [0.3, 0.4) is 0 Å². The maximum atomic E-state index is 12.2. The molecule has 0 aromatic carbocycles. The number of amides is 2. The van der Waals surface area contributed by atoms with Crippen LogP contribution >= 0.6 is 0 Å². The highest BCUT2D eigenvalue weighted by Crippen LogP contribution is 2.26. The molecule has 1 aromatic heterocycles. The predicted octanol–water partition coefficient (Wildman–Crippen LogP) is 2.10. The minimum absolute atomic E-state index is 0.0319. The van der Waals surface area contributed by atoms with Gasteiger partial charge in [0.15, 0.2) is 5.82 Å². The Kier molecular flexibility index (Phi) is 6.53. The van der Waals surface area contributed by atoms with Crippen LogP contribution in [-0.4, -0.2) is 63.5 Å². The van der Waals surface area contributed by atoms with E-state index in [2.05, 4.69) is 20.5 Å². The molecule has 0 spiro atoms. The molecule has 0 saturated carbocycles. The second kappa shape index (κ2) is 8.89. The highest BCUT2D eigenvalue weighted by molar-refractivity contribution is 5.76. The molecule has 3 heterocycles. The highest BCUT2D eigenvalue weighted by Gasteiger charge is 2.29. The van der Waals surface area contributed by atoms with Crippen molar-refractivity contribution in [3.8, 4) is 0 Å². The summed E-state index contributed by atoms with van der Waals surface area (Å²) in [5.74, 6) is 1.55. The summed E-state index contributed by atoms with van der Waals surface area (Å²) in [7, 11) is 0. The smallest absolute Gasteiger partial charge is 0.410 e. The standard InChI is InChI=1S/C19H31N5O4/c1-19(2,3)28-18(26)24-8-6-13(7-9-24)17-21-15(22-23-17)12-20-16(25)11-14-5-4-10-27-14/h13-14H,4-12H2,1-3H3,(H,20,25)(H,21,22,23). The van der Waals surface area contributed by atoms with Crippen molar-refractivity contribution in [2.24, 2.45) is 0 Å². The quantitative estimate of drug-likeness (QED) is 0.793. The predicted molar refractivity (Wildman–Crippen MR) is 102 cm³/mol. The van der Waals surface area contributed by atoms with Gasteiger partial charge in [-0.05, 0) is 46.5 Å². The number of carbonyl (C=O) groups excluding carboxylic acids is 2. The van der Waals surface area contributed by atoms with Crippen molar-refractivity contribution in [3.05, 3.63) is 11.6 Å². The van der Waals surface area contributed by atoms with Gasteiger partial charge in [-0.15, -0.1) is 0 Å². The van der Waals surface area contributed by atoms with E-state index in [9.17, 15) is 9.59 Å². The van der Waals surface area contributed by atoms with Gasteiger partial charge in [0.2, 0.25) is 5.91 Å². The molecule has 28 heavy (non-hydrogen) atoms. The molecule has 2 N–H and O–H groups in total. The van der Waals surface area contributed by atoms with Gasteiger partial charge >= 0.3 is 6.09 Å². The number of hydrogen-bond donors (Lipinski definition) is 2. The van der Waals surface area contributed by atoms with Crippen LogP contribution in [0, 0.1) is 0 Å². The molecule has 156 valence electrons. The lowest BCUT2D eigenvalue weighted by Crippen LogP contribution is -2.41. The molecule has 0 radical (unpaired) electrons. The van der Waals surface area contributed by atoms with E-state index in [1.165, 1.54) is 0 Å². The Morgan fingerprint density at radius 1 is 1.29 bits per heavy atom. The summed E-state index contributed by atoms with van der Waals surface area (Å²) in [5, 5.41) is 10.1. The van der Waals surface area contributed by atoms with E-state index in [0.717, 1.165) is 38.1 Å². The van der Waals surface area contributed by atoms with Gasteiger partial charge in [0.25, 0.3) is 0 Å². The molecule has 2 aliphatic heterocycles. The van der Waals surface area contributed by atoms with Crippen molar-refractivity contribution in [3.63, 3.8) is 0 Å². The molecule has 0 aliphatic carbocycles. The molecule has 2 aliphatic rings. The van der Waals surface area contributed by atoms with E-state index in [4.69, 9.17) is 9.47 Å². The molecule has 9 heteroatoms. The fourth-order valence-corrected chi connectivity index (χ4v) is 3.49. The van der Waals surface area contributed by atoms with E-state index in [0.29, 0.717) is 31.9 Å². The number of H-pyrrole nitrogens is 1. The van der Waals surface area contributed by atoms with Gasteiger partial charge in [0.05, 0.1) is 19.1 Å². The second-order valence-electron chi connectivity index (χ2n) is 8.50. The number of aromatic amines is 1. The van der Waals surface area contributed by atoms with Crippen LogP contribution < -0.4 is 5.32 Å². The normalized spacial score (nSPS) is 21.0. The molecule has 1 unspecified atom stereocenters. The Hall–Kier alpha value is -2.16. The average Bonchev–Trinajstić information content (AvgIpc) is 3.30. The second-order valence-corrected chi connectivity index (χ2v) is 8.50. The van der Waals surface area contributed by atoms with Crippen LogP contribution in [0.15, 0.2) is 0 Å². The highest BCUT2D eigenvalue weighted by atomic mass is 16.6. The van der Waals surface area contributed by atoms with E-state index in [-0.39, 0.29) is 24.0 Å². The van der Waals surface area contributed by atoms with Crippen molar-refractivity contribution in [1.29, 1.82) is 0 Å². The van der Waals surface area contributed by atoms with Crippen LogP contribution in [0.2, 0.25) is 0 Å². The summed E-state index contributed by atoms with van der Waals surface area (Å²) >= 11 is 0. The number of aromatic nitrogens is 3. The summed E-state index contributed by atoms with van der Waals surface area (Å²) in [6.45, 7) is 7.93. The van der Waals surface area contributed by atoms with Gasteiger partial charge in [0, 0.05) is 25.6 Å². The van der Waals surface area contributed by atoms with E-state index in [1.54, 1.807) is 4.90 Å². The lowest BCUT2D eigenvalue weighted by Gasteiger charge is -2.32. The Balaban J connectivity index is 1.42. The molecule has 3 rings (SSSR count). The fourth-order valence-electron chi connectivity index (χ4n) is 3.49. The molecular formula is C19H31N5O4. The van der Waals surface area contributed by atoms with E-state index < -0.39 is 5.60 Å². The first kappa shape index (κ1) is 20.6. The number of likely N-dealkylation sites (tertiary alicyclic amines) is 1. The zero-order valence-corrected chi connectivity index (χ0v) is 17.0. The molecule has 2 amide bonds. The van der Waals surface area contributed by atoms with Gasteiger partial charge < -0.3 is 19.7 Å². The molecule has 1 aromatic rings. The number of rotatable bonds is 5. The van der Waals surface area contributed by atoms with Crippen molar-refractivity contribution in [2.75, 3.05) is 19.7 Å². The number of hydrogen-bond acceptors (Lipinski definition) is 6. The van der Waals surface area contributed by atoms with Crippen molar-refractivity contribution < 1.29 is 19.1 Å². The topological polar surface area (TPSA) is 109 Å². The zero-order chi connectivity index (χ0) is 20.1. The molecule has 0 bridgehead atoms. The maximum Gasteiger partial charge on any atom is 0.410 e. The first-order valence-corrected chi connectivity index (χ1v) is 10.1. The third-order valence-electron chi connectivity index (χ3n) is 4.95. The largest absolute Gasteiger partial charge is 0.444 e. The molecule has 1 atom stereocenters. The molecule has 2 saturated heterocycles. The molecular weight excluding hydrogens is 362 g/mol. The summed E-state index contributed by atoms with van der Waals surface area (Å²) in [6, 6.07) is 0. The van der Waals surface area contributed by atoms with Crippen LogP contribution in [0.1, 0.15) is 70.4 Å². The number of carbonyl (C=O) groups is 2. The third kappa shape index (κ3) is 5.92. The summed E-state index contributed by atoms with van der Waals surface area (Å²) in [4.78, 5) is 30.4. The van der Waals surface area contributed by atoms with Crippen molar-refractivity contribution in [2.45, 2.75) is 77.0 Å². The summed E-state index contributed by atoms with van der Waals surface area (Å²) in [5.41, 5.74) is -0.485. The van der Waals surface area contributed by atoms with Gasteiger partial charge in [-0.2, -0.15) is 5.10 Å². The zero-order valence-electron chi connectivity index (χ0n) is 17.0. The Labute approximate surface area is 165 Å². The first-order chi connectivity index (χ1) is 13.3. The number of piperidine rings is 1. The Morgan fingerprint density at radius 2 is 2.04 bits per heavy atom. The lowest BCUT2D eigenvalue weighted by molar-refractivity contribution is -0.123. The van der Waals surface area contributed by atoms with Crippen LogP contribution in [0.25, 0.3) is 0 Å². The summed E-state index contributed by atoms with van der Waals surface area (Å²) in [6.07, 6.45) is 3.72. The molecule has 2 fully saturated rings. The fraction of sp³-hybridized carbons (Fsp3) is 0.789. The van der Waals surface area contributed by atoms with E-state index >= 15 is 0 Å². The Bertz CT molecular complexity index is 670. The van der Waals surface area contributed by atoms with Crippen LogP contribution in [-0.2, 0) is 20.8 Å². The summed E-state index contributed by atoms with van der Waals surface area (Å²) < 4.78 is 10.9. The van der Waals surface area contributed by atoms with Crippen molar-refractivity contribution in [1.82, 2.24) is 25.4 Å². The van der Waals surface area contributed by atoms with E-state index in [1.807, 2.05) is 20.8 Å². The van der Waals surface area contributed by atoms with Gasteiger partial charge in [-0.3, -0.25) is 9.89 Å². The molecule has 9 nitrogen and oxygen atoms in total. The maximum absolute atomic E-state index is 12.2. The third-order valence-corrected chi connectivity index (χ3v) is 4.95. The minimum atomic E-state index is -0.485. The number of ether oxygens (including phenoxy) is 2. The monoisotopic (exact) mass is 393 g/mol.